The molecule has 1 heterocycles. The van der Waals surface area contributed by atoms with E-state index in [-0.39, 0.29) is 16.4 Å². The topological polar surface area (TPSA) is 90.7 Å². The zero-order valence-electron chi connectivity index (χ0n) is 11.7. The van der Waals surface area contributed by atoms with Crippen molar-refractivity contribution in [2.24, 2.45) is 5.73 Å². The zero-order valence-corrected chi connectivity index (χ0v) is 13.3. The van der Waals surface area contributed by atoms with Gasteiger partial charge in [0.25, 0.3) is 0 Å². The second-order valence-corrected chi connectivity index (χ2v) is 7.11. The third-order valence-electron chi connectivity index (χ3n) is 3.53. The third kappa shape index (κ3) is 3.78. The minimum atomic E-state index is -3.61. The number of methoxy groups -OCH3 is 1. The number of nitrogens with one attached hydrogen (secondary N) is 1. The standard InChI is InChI=1S/C13H18N2O4S2/c1-18-13(6-7-19-9-13)8-15-21(16,17)11-4-2-10(3-5-11)12(14)20/h2-5,15H,6-9H2,1H3,(H2,14,20). The van der Waals surface area contributed by atoms with Gasteiger partial charge in [-0.3, -0.25) is 0 Å². The molecule has 1 atom stereocenters. The maximum atomic E-state index is 12.3. The number of benzene rings is 1. The molecule has 1 aliphatic heterocycles. The predicted octanol–water partition coefficient (Wildman–Crippen LogP) is 0.405. The number of rotatable bonds is 6. The first-order chi connectivity index (χ1) is 9.88. The van der Waals surface area contributed by atoms with Crippen LogP contribution in [0.15, 0.2) is 29.2 Å². The van der Waals surface area contributed by atoms with Gasteiger partial charge in [-0.05, 0) is 12.1 Å². The number of hydrogen-bond donors (Lipinski definition) is 2. The van der Waals surface area contributed by atoms with E-state index in [1.165, 1.54) is 12.1 Å². The molecule has 0 amide bonds. The van der Waals surface area contributed by atoms with Crippen molar-refractivity contribution in [3.63, 3.8) is 0 Å². The lowest BCUT2D eigenvalue weighted by Gasteiger charge is -2.25. The molecule has 1 fully saturated rings. The first-order valence-corrected chi connectivity index (χ1v) is 8.30. The van der Waals surface area contributed by atoms with Crippen LogP contribution in [-0.2, 0) is 19.5 Å². The molecule has 21 heavy (non-hydrogen) atoms. The molecule has 0 aliphatic carbocycles. The van der Waals surface area contributed by atoms with Crippen LogP contribution in [0.1, 0.15) is 12.0 Å². The van der Waals surface area contributed by atoms with E-state index in [1.807, 2.05) is 0 Å². The van der Waals surface area contributed by atoms with E-state index in [0.717, 1.165) is 0 Å². The van der Waals surface area contributed by atoms with E-state index in [0.29, 0.717) is 25.2 Å². The molecule has 116 valence electrons. The molecule has 0 spiro atoms. The van der Waals surface area contributed by atoms with Crippen LogP contribution in [0.25, 0.3) is 0 Å². The Morgan fingerprint density at radius 2 is 2.14 bits per heavy atom. The third-order valence-corrected chi connectivity index (χ3v) is 5.19. The molecular formula is C13H18N2O4S2. The van der Waals surface area contributed by atoms with Crippen molar-refractivity contribution in [1.82, 2.24) is 4.72 Å². The second-order valence-electron chi connectivity index (χ2n) is 4.90. The Morgan fingerprint density at radius 1 is 1.48 bits per heavy atom. The van der Waals surface area contributed by atoms with Gasteiger partial charge in [0.2, 0.25) is 10.0 Å². The van der Waals surface area contributed by atoms with Crippen molar-refractivity contribution >= 4 is 27.2 Å². The molecule has 2 rings (SSSR count). The Morgan fingerprint density at radius 3 is 2.62 bits per heavy atom. The van der Waals surface area contributed by atoms with Crippen LogP contribution < -0.4 is 10.5 Å². The summed E-state index contributed by atoms with van der Waals surface area (Å²) >= 11 is 4.84. The largest absolute Gasteiger partial charge is 0.389 e. The van der Waals surface area contributed by atoms with E-state index in [1.54, 1.807) is 19.2 Å². The average Bonchev–Trinajstić information content (AvgIpc) is 2.95. The highest BCUT2D eigenvalue weighted by molar-refractivity contribution is 7.89. The summed E-state index contributed by atoms with van der Waals surface area (Å²) in [6, 6.07) is 6.12. The first-order valence-electron chi connectivity index (χ1n) is 6.41. The van der Waals surface area contributed by atoms with Crippen LogP contribution in [0.3, 0.4) is 0 Å². The lowest BCUT2D eigenvalue weighted by Crippen LogP contribution is -2.44. The normalized spacial score (nSPS) is 22.3. The number of thiocarbonyl (C=S) groups is 1. The van der Waals surface area contributed by atoms with E-state index < -0.39 is 15.6 Å². The van der Waals surface area contributed by atoms with Gasteiger partial charge < -0.3 is 15.2 Å². The number of ether oxygens (including phenoxy) is 2. The molecule has 6 nitrogen and oxygen atoms in total. The van der Waals surface area contributed by atoms with Crippen LogP contribution in [0.4, 0.5) is 0 Å². The summed E-state index contributed by atoms with van der Waals surface area (Å²) in [6.07, 6.45) is 0.659. The Balaban J connectivity index is 2.09. The summed E-state index contributed by atoms with van der Waals surface area (Å²) in [5, 5.41) is 0. The molecule has 3 N–H and O–H groups in total. The molecular weight excluding hydrogens is 312 g/mol. The zero-order chi connectivity index (χ0) is 15.5. The summed E-state index contributed by atoms with van der Waals surface area (Å²) < 4.78 is 37.7. The van der Waals surface area contributed by atoms with Crippen molar-refractivity contribution in [3.8, 4) is 0 Å². The number of hydrogen-bond acceptors (Lipinski definition) is 5. The average molecular weight is 330 g/mol. The van der Waals surface area contributed by atoms with Gasteiger partial charge in [-0.2, -0.15) is 0 Å². The van der Waals surface area contributed by atoms with Gasteiger partial charge in [0, 0.05) is 32.2 Å². The van der Waals surface area contributed by atoms with Crippen LogP contribution in [0, 0.1) is 0 Å². The Hall–Kier alpha value is -1.06. The summed E-state index contributed by atoms with van der Waals surface area (Å²) in [5.74, 6) is 0. The summed E-state index contributed by atoms with van der Waals surface area (Å²) in [7, 11) is -2.05. The second kappa shape index (κ2) is 6.37. The van der Waals surface area contributed by atoms with E-state index in [4.69, 9.17) is 27.4 Å². The SMILES string of the molecule is COC1(CNS(=O)(=O)c2ccc(C(N)=S)cc2)CCOC1. The first kappa shape index (κ1) is 16.3. The van der Waals surface area contributed by atoms with Crippen LogP contribution in [0.5, 0.6) is 0 Å². The minimum Gasteiger partial charge on any atom is -0.389 e. The van der Waals surface area contributed by atoms with E-state index in [2.05, 4.69) is 4.72 Å². The van der Waals surface area contributed by atoms with Gasteiger partial charge in [-0.1, -0.05) is 24.4 Å². The number of nitrogens with two attached hydrogens (primary N) is 1. The summed E-state index contributed by atoms with van der Waals surface area (Å²) in [5.41, 5.74) is 5.52. The quantitative estimate of drug-likeness (QED) is 0.734. The lowest BCUT2D eigenvalue weighted by atomic mass is 10.0. The molecule has 1 aliphatic rings. The fourth-order valence-corrected chi connectivity index (χ4v) is 3.32. The van der Waals surface area contributed by atoms with E-state index in [9.17, 15) is 8.42 Å². The highest BCUT2D eigenvalue weighted by Gasteiger charge is 2.36. The van der Waals surface area contributed by atoms with Crippen molar-refractivity contribution < 1.29 is 17.9 Å². The van der Waals surface area contributed by atoms with Gasteiger partial charge >= 0.3 is 0 Å². The Bertz CT molecular complexity index is 608. The van der Waals surface area contributed by atoms with Crippen LogP contribution in [-0.4, -0.2) is 45.9 Å². The summed E-state index contributed by atoms with van der Waals surface area (Å²) in [6.45, 7) is 1.12. The fourth-order valence-electron chi connectivity index (χ4n) is 2.07. The fraction of sp³-hybridized carbons (Fsp3) is 0.462. The van der Waals surface area contributed by atoms with Crippen molar-refractivity contribution in [3.05, 3.63) is 29.8 Å². The lowest BCUT2D eigenvalue weighted by molar-refractivity contribution is -0.0120. The van der Waals surface area contributed by atoms with E-state index >= 15 is 0 Å². The molecule has 8 heteroatoms. The van der Waals surface area contributed by atoms with Gasteiger partial charge in [0.15, 0.2) is 0 Å². The molecule has 0 aromatic heterocycles. The highest BCUT2D eigenvalue weighted by atomic mass is 32.2. The monoisotopic (exact) mass is 330 g/mol. The number of sulfonamides is 1. The molecule has 1 saturated heterocycles. The highest BCUT2D eigenvalue weighted by Crippen LogP contribution is 2.22. The molecule has 1 unspecified atom stereocenters. The van der Waals surface area contributed by atoms with Crippen molar-refractivity contribution in [2.75, 3.05) is 26.9 Å². The molecule has 0 saturated carbocycles. The maximum absolute atomic E-state index is 12.3. The Kier molecular flexibility index (Phi) is 4.95. The van der Waals surface area contributed by atoms with Gasteiger partial charge in [0.05, 0.1) is 11.5 Å². The van der Waals surface area contributed by atoms with Gasteiger partial charge in [0.1, 0.15) is 10.6 Å². The van der Waals surface area contributed by atoms with Crippen molar-refractivity contribution in [2.45, 2.75) is 16.9 Å². The predicted molar refractivity (Wildman–Crippen MR) is 82.7 cm³/mol. The van der Waals surface area contributed by atoms with Crippen LogP contribution >= 0.6 is 12.2 Å². The van der Waals surface area contributed by atoms with Crippen molar-refractivity contribution in [1.29, 1.82) is 0 Å². The smallest absolute Gasteiger partial charge is 0.240 e. The van der Waals surface area contributed by atoms with Gasteiger partial charge in [-0.15, -0.1) is 0 Å². The minimum absolute atomic E-state index is 0.160. The summed E-state index contributed by atoms with van der Waals surface area (Å²) in [4.78, 5) is 0.390. The molecule has 0 bridgehead atoms. The molecule has 0 radical (unpaired) electrons. The molecule has 1 aromatic carbocycles. The van der Waals surface area contributed by atoms with Gasteiger partial charge in [-0.25, -0.2) is 13.1 Å². The molecule has 1 aromatic rings. The van der Waals surface area contributed by atoms with Crippen LogP contribution in [0.2, 0.25) is 0 Å². The Labute approximate surface area is 129 Å². The maximum Gasteiger partial charge on any atom is 0.240 e.